The Hall–Kier alpha value is -3.03. The summed E-state index contributed by atoms with van der Waals surface area (Å²) in [6, 6.07) is 9.84. The summed E-state index contributed by atoms with van der Waals surface area (Å²) in [4.78, 5) is 26.2. The summed E-state index contributed by atoms with van der Waals surface area (Å²) in [5.74, 6) is -0.965. The monoisotopic (exact) mass is 392 g/mol. The molecule has 0 aliphatic carbocycles. The van der Waals surface area contributed by atoms with Crippen LogP contribution < -0.4 is 15.0 Å². The minimum absolute atomic E-state index is 0.0140. The predicted octanol–water partition coefficient (Wildman–Crippen LogP) is 4.01. The predicted molar refractivity (Wildman–Crippen MR) is 98.3 cm³/mol. The van der Waals surface area contributed by atoms with Crippen LogP contribution in [0.4, 0.5) is 24.5 Å². The van der Waals surface area contributed by atoms with E-state index in [-0.39, 0.29) is 24.6 Å². The van der Waals surface area contributed by atoms with Crippen molar-refractivity contribution in [1.29, 1.82) is 0 Å². The molecule has 148 valence electrons. The lowest BCUT2D eigenvalue weighted by Crippen LogP contribution is -2.28. The number of amides is 2. The van der Waals surface area contributed by atoms with Crippen molar-refractivity contribution in [1.82, 2.24) is 0 Å². The number of carbonyl (C=O) groups excluding carboxylic acids is 2. The smallest absolute Gasteiger partial charge is 0.416 e. The Bertz CT molecular complexity index is 912. The molecule has 8 heteroatoms. The van der Waals surface area contributed by atoms with E-state index < -0.39 is 23.6 Å². The van der Waals surface area contributed by atoms with Gasteiger partial charge in [-0.1, -0.05) is 12.1 Å². The minimum atomic E-state index is -4.50. The lowest BCUT2D eigenvalue weighted by atomic mass is 10.1. The fourth-order valence-electron chi connectivity index (χ4n) is 3.14. The maximum Gasteiger partial charge on any atom is 0.416 e. The molecule has 0 spiro atoms. The van der Waals surface area contributed by atoms with Crippen LogP contribution >= 0.6 is 0 Å². The van der Waals surface area contributed by atoms with Crippen LogP contribution in [-0.4, -0.2) is 25.5 Å². The van der Waals surface area contributed by atoms with E-state index in [0.717, 1.165) is 17.7 Å². The van der Waals surface area contributed by atoms with E-state index in [9.17, 15) is 22.8 Å². The molecule has 2 aromatic carbocycles. The van der Waals surface area contributed by atoms with E-state index in [1.165, 1.54) is 24.1 Å². The number of rotatable bonds is 4. The number of nitrogens with one attached hydrogen (secondary N) is 1. The third kappa shape index (κ3) is 4.11. The van der Waals surface area contributed by atoms with Crippen LogP contribution in [0.25, 0.3) is 0 Å². The van der Waals surface area contributed by atoms with Gasteiger partial charge in [-0.3, -0.25) is 9.59 Å². The normalized spacial score (nSPS) is 17.0. The number of methoxy groups -OCH3 is 1. The molecule has 2 aromatic rings. The van der Waals surface area contributed by atoms with Gasteiger partial charge in [0.1, 0.15) is 5.75 Å². The molecule has 0 saturated carbocycles. The molecule has 1 aliphatic rings. The van der Waals surface area contributed by atoms with Crippen molar-refractivity contribution in [2.75, 3.05) is 23.9 Å². The number of nitrogens with zero attached hydrogens (tertiary/aromatic N) is 1. The fourth-order valence-corrected chi connectivity index (χ4v) is 3.14. The van der Waals surface area contributed by atoms with Crippen LogP contribution in [0, 0.1) is 12.8 Å². The quantitative estimate of drug-likeness (QED) is 0.855. The van der Waals surface area contributed by atoms with E-state index in [4.69, 9.17) is 4.74 Å². The second-order valence-corrected chi connectivity index (χ2v) is 6.65. The summed E-state index contributed by atoms with van der Waals surface area (Å²) in [6.45, 7) is 1.88. The molecule has 0 radical (unpaired) electrons. The van der Waals surface area contributed by atoms with Crippen LogP contribution in [0.5, 0.6) is 5.75 Å². The van der Waals surface area contributed by atoms with Gasteiger partial charge in [-0.2, -0.15) is 13.2 Å². The molecular formula is C20H19F3N2O3. The topological polar surface area (TPSA) is 58.6 Å². The van der Waals surface area contributed by atoms with Crippen LogP contribution in [0.2, 0.25) is 0 Å². The van der Waals surface area contributed by atoms with Gasteiger partial charge in [0, 0.05) is 18.7 Å². The Balaban J connectivity index is 1.76. The first-order valence-corrected chi connectivity index (χ1v) is 8.62. The number of halogens is 3. The van der Waals surface area contributed by atoms with Crippen LogP contribution in [0.15, 0.2) is 42.5 Å². The first-order valence-electron chi connectivity index (χ1n) is 8.62. The third-order valence-corrected chi connectivity index (χ3v) is 4.59. The zero-order valence-corrected chi connectivity index (χ0v) is 15.3. The van der Waals surface area contributed by atoms with Gasteiger partial charge in [-0.25, -0.2) is 0 Å². The van der Waals surface area contributed by atoms with E-state index >= 15 is 0 Å². The van der Waals surface area contributed by atoms with Crippen LogP contribution in [0.1, 0.15) is 17.5 Å². The minimum Gasteiger partial charge on any atom is -0.495 e. The number of carbonyl (C=O) groups is 2. The lowest BCUT2D eigenvalue weighted by molar-refractivity contribution is -0.137. The van der Waals surface area contributed by atoms with E-state index in [1.807, 2.05) is 13.0 Å². The summed E-state index contributed by atoms with van der Waals surface area (Å²) in [5, 5.41) is 2.75. The third-order valence-electron chi connectivity index (χ3n) is 4.59. The summed E-state index contributed by atoms with van der Waals surface area (Å²) >= 11 is 0. The molecule has 1 heterocycles. The number of hydrogen-bond donors (Lipinski definition) is 1. The van der Waals surface area contributed by atoms with Crippen LogP contribution in [-0.2, 0) is 15.8 Å². The van der Waals surface area contributed by atoms with Gasteiger partial charge in [-0.15, -0.1) is 0 Å². The average Bonchev–Trinajstić information content (AvgIpc) is 3.03. The van der Waals surface area contributed by atoms with Crippen molar-refractivity contribution >= 4 is 23.2 Å². The van der Waals surface area contributed by atoms with Gasteiger partial charge in [0.2, 0.25) is 11.8 Å². The highest BCUT2D eigenvalue weighted by Gasteiger charge is 2.37. The van der Waals surface area contributed by atoms with Crippen molar-refractivity contribution in [2.45, 2.75) is 19.5 Å². The zero-order chi connectivity index (χ0) is 20.5. The maximum absolute atomic E-state index is 12.9. The number of alkyl halides is 3. The van der Waals surface area contributed by atoms with Crippen molar-refractivity contribution < 1.29 is 27.5 Å². The molecule has 1 atom stereocenters. The summed E-state index contributed by atoms with van der Waals surface area (Å²) in [5.41, 5.74) is 0.695. The molecule has 2 amide bonds. The molecule has 1 saturated heterocycles. The van der Waals surface area contributed by atoms with Gasteiger partial charge in [0.15, 0.2) is 0 Å². The summed E-state index contributed by atoms with van der Waals surface area (Å²) in [7, 11) is 1.48. The highest BCUT2D eigenvalue weighted by molar-refractivity contribution is 6.04. The molecule has 0 aromatic heterocycles. The first-order chi connectivity index (χ1) is 13.2. The SMILES string of the molecule is COc1ccc(C)cc1NC(=O)C1CC(=O)N(c2cccc(C(F)(F)F)c2)C1. The fraction of sp³-hybridized carbons (Fsp3) is 0.300. The Labute approximate surface area is 160 Å². The second kappa shape index (κ2) is 7.53. The zero-order valence-electron chi connectivity index (χ0n) is 15.3. The Morgan fingerprint density at radius 2 is 1.96 bits per heavy atom. The molecule has 1 fully saturated rings. The molecule has 28 heavy (non-hydrogen) atoms. The number of ether oxygens (including phenoxy) is 1. The number of benzene rings is 2. The second-order valence-electron chi connectivity index (χ2n) is 6.65. The molecule has 1 aliphatic heterocycles. The molecular weight excluding hydrogens is 373 g/mol. The lowest BCUT2D eigenvalue weighted by Gasteiger charge is -2.18. The van der Waals surface area contributed by atoms with Crippen molar-refractivity contribution in [2.24, 2.45) is 5.92 Å². The van der Waals surface area contributed by atoms with Gasteiger partial charge < -0.3 is 15.0 Å². The number of anilines is 2. The van der Waals surface area contributed by atoms with E-state index in [1.54, 1.807) is 12.1 Å². The molecule has 1 unspecified atom stereocenters. The summed E-state index contributed by atoms with van der Waals surface area (Å²) in [6.07, 6.45) is -4.58. The van der Waals surface area contributed by atoms with Crippen molar-refractivity contribution in [3.8, 4) is 5.75 Å². The largest absolute Gasteiger partial charge is 0.495 e. The molecule has 1 N–H and O–H groups in total. The number of aryl methyl sites for hydroxylation is 1. The van der Waals surface area contributed by atoms with Crippen molar-refractivity contribution in [3.05, 3.63) is 53.6 Å². The highest BCUT2D eigenvalue weighted by Crippen LogP contribution is 2.34. The Morgan fingerprint density at radius 3 is 2.64 bits per heavy atom. The first kappa shape index (κ1) is 19.7. The Morgan fingerprint density at radius 1 is 1.21 bits per heavy atom. The summed E-state index contributed by atoms with van der Waals surface area (Å²) < 4.78 is 44.0. The number of hydrogen-bond acceptors (Lipinski definition) is 3. The van der Waals surface area contributed by atoms with Gasteiger partial charge in [-0.05, 0) is 42.8 Å². The average molecular weight is 392 g/mol. The van der Waals surface area contributed by atoms with E-state index in [2.05, 4.69) is 5.32 Å². The molecule has 0 bridgehead atoms. The van der Waals surface area contributed by atoms with Gasteiger partial charge >= 0.3 is 6.18 Å². The van der Waals surface area contributed by atoms with Crippen LogP contribution in [0.3, 0.4) is 0 Å². The van der Waals surface area contributed by atoms with E-state index in [0.29, 0.717) is 11.4 Å². The standard InChI is InChI=1S/C20H19F3N2O3/c1-12-6-7-17(28-2)16(8-12)24-19(27)13-9-18(26)25(11-13)15-5-3-4-14(10-15)20(21,22)23/h3-8,10,13H,9,11H2,1-2H3,(H,24,27). The highest BCUT2D eigenvalue weighted by atomic mass is 19.4. The van der Waals surface area contributed by atoms with Gasteiger partial charge in [0.05, 0.1) is 24.3 Å². The molecule has 5 nitrogen and oxygen atoms in total. The maximum atomic E-state index is 12.9. The Kier molecular flexibility index (Phi) is 5.31. The molecule has 3 rings (SSSR count). The van der Waals surface area contributed by atoms with Crippen molar-refractivity contribution in [3.63, 3.8) is 0 Å². The van der Waals surface area contributed by atoms with Gasteiger partial charge in [0.25, 0.3) is 0 Å².